The minimum Gasteiger partial charge on any atom is -0.151 e. The first-order valence-electron chi connectivity index (χ1n) is 10.3. The number of azo groups is 2. The predicted octanol–water partition coefficient (Wildman–Crippen LogP) is 9.90. The van der Waals surface area contributed by atoms with Gasteiger partial charge in [-0.3, -0.25) is 0 Å². The van der Waals surface area contributed by atoms with E-state index in [-0.39, 0.29) is 0 Å². The SMILES string of the molecule is CC.CC.CC.Cc1ccc(N=Nc2ccc(N=Nc3ccccc3)cc2)cc1. The normalized spacial score (nSPS) is 9.62. The quantitative estimate of drug-likeness (QED) is 0.398. The molecule has 0 aliphatic carbocycles. The summed E-state index contributed by atoms with van der Waals surface area (Å²) >= 11 is 0. The first-order chi connectivity index (χ1) is 14.3. The van der Waals surface area contributed by atoms with Gasteiger partial charge in [0.1, 0.15) is 0 Å². The molecular formula is C25H34N4. The fourth-order valence-corrected chi connectivity index (χ4v) is 1.92. The Kier molecular flexibility index (Phi) is 15.2. The third-order valence-electron chi connectivity index (χ3n) is 3.20. The van der Waals surface area contributed by atoms with Crippen molar-refractivity contribution in [1.29, 1.82) is 0 Å². The van der Waals surface area contributed by atoms with Crippen LogP contribution in [0.4, 0.5) is 22.7 Å². The second kappa shape index (κ2) is 17.0. The minimum atomic E-state index is 0.781. The fraction of sp³-hybridized carbons (Fsp3) is 0.280. The molecule has 29 heavy (non-hydrogen) atoms. The van der Waals surface area contributed by atoms with Gasteiger partial charge in [0.2, 0.25) is 0 Å². The molecular weight excluding hydrogens is 356 g/mol. The van der Waals surface area contributed by atoms with Gasteiger partial charge in [-0.15, -0.1) is 0 Å². The molecule has 0 atom stereocenters. The van der Waals surface area contributed by atoms with Crippen molar-refractivity contribution in [1.82, 2.24) is 0 Å². The van der Waals surface area contributed by atoms with Gasteiger partial charge in [-0.2, -0.15) is 20.5 Å². The van der Waals surface area contributed by atoms with E-state index < -0.39 is 0 Å². The Balaban J connectivity index is 0.00000120. The summed E-state index contributed by atoms with van der Waals surface area (Å²) in [6.07, 6.45) is 0. The van der Waals surface area contributed by atoms with Crippen molar-refractivity contribution in [3.05, 3.63) is 84.4 Å². The lowest BCUT2D eigenvalue weighted by Crippen LogP contribution is -1.68. The Hall–Kier alpha value is -3.14. The van der Waals surface area contributed by atoms with Gasteiger partial charge < -0.3 is 0 Å². The summed E-state index contributed by atoms with van der Waals surface area (Å²) in [5.74, 6) is 0. The van der Waals surface area contributed by atoms with Crippen molar-refractivity contribution in [2.24, 2.45) is 20.5 Å². The van der Waals surface area contributed by atoms with Crippen molar-refractivity contribution < 1.29 is 0 Å². The maximum atomic E-state index is 4.22. The molecule has 0 saturated heterocycles. The van der Waals surface area contributed by atoms with Gasteiger partial charge in [-0.25, -0.2) is 0 Å². The Morgan fingerprint density at radius 3 is 1.00 bits per heavy atom. The van der Waals surface area contributed by atoms with Crippen LogP contribution in [0, 0.1) is 6.92 Å². The molecule has 3 aromatic rings. The largest absolute Gasteiger partial charge is 0.151 e. The summed E-state index contributed by atoms with van der Waals surface area (Å²) in [6.45, 7) is 14.0. The summed E-state index contributed by atoms with van der Waals surface area (Å²) in [7, 11) is 0. The maximum Gasteiger partial charge on any atom is 0.0858 e. The van der Waals surface area contributed by atoms with Crippen LogP contribution in [0.5, 0.6) is 0 Å². The second-order valence-electron chi connectivity index (χ2n) is 5.09. The molecule has 0 aromatic heterocycles. The van der Waals surface area contributed by atoms with E-state index in [0.717, 1.165) is 22.7 Å². The van der Waals surface area contributed by atoms with Gasteiger partial charge in [0.05, 0.1) is 22.7 Å². The van der Waals surface area contributed by atoms with E-state index in [1.165, 1.54) is 5.56 Å². The van der Waals surface area contributed by atoms with Crippen LogP contribution in [-0.4, -0.2) is 0 Å². The molecule has 0 N–H and O–H groups in total. The van der Waals surface area contributed by atoms with Crippen LogP contribution in [0.2, 0.25) is 0 Å². The fourth-order valence-electron chi connectivity index (χ4n) is 1.92. The molecule has 0 saturated carbocycles. The first kappa shape index (κ1) is 25.9. The highest BCUT2D eigenvalue weighted by Crippen LogP contribution is 2.23. The predicted molar refractivity (Wildman–Crippen MR) is 126 cm³/mol. The number of rotatable bonds is 4. The number of aryl methyl sites for hydroxylation is 1. The molecule has 0 bridgehead atoms. The highest BCUT2D eigenvalue weighted by Gasteiger charge is 1.93. The van der Waals surface area contributed by atoms with E-state index >= 15 is 0 Å². The maximum absolute atomic E-state index is 4.22. The molecule has 3 rings (SSSR count). The molecule has 0 radical (unpaired) electrons. The molecule has 0 spiro atoms. The number of hydrogen-bond donors (Lipinski definition) is 0. The molecule has 0 unspecified atom stereocenters. The smallest absolute Gasteiger partial charge is 0.0858 e. The van der Waals surface area contributed by atoms with Gasteiger partial charge >= 0.3 is 0 Å². The van der Waals surface area contributed by atoms with E-state index in [1.54, 1.807) is 0 Å². The molecule has 0 heterocycles. The molecule has 0 aliphatic heterocycles. The van der Waals surface area contributed by atoms with Crippen molar-refractivity contribution in [3.8, 4) is 0 Å². The Labute approximate surface area is 176 Å². The lowest BCUT2D eigenvalue weighted by atomic mass is 10.2. The Morgan fingerprint density at radius 1 is 0.379 bits per heavy atom. The lowest BCUT2D eigenvalue weighted by molar-refractivity contribution is 1.21. The van der Waals surface area contributed by atoms with Gasteiger partial charge in [0.25, 0.3) is 0 Å². The zero-order chi connectivity index (χ0) is 21.9. The van der Waals surface area contributed by atoms with Crippen LogP contribution in [0.25, 0.3) is 0 Å². The van der Waals surface area contributed by atoms with Crippen LogP contribution in [0.3, 0.4) is 0 Å². The van der Waals surface area contributed by atoms with Crippen molar-refractivity contribution in [3.63, 3.8) is 0 Å². The number of hydrogen-bond acceptors (Lipinski definition) is 4. The summed E-state index contributed by atoms with van der Waals surface area (Å²) in [6, 6.07) is 25.0. The average Bonchev–Trinajstić information content (AvgIpc) is 2.83. The number of benzene rings is 3. The molecule has 154 valence electrons. The monoisotopic (exact) mass is 390 g/mol. The molecule has 4 heteroatoms. The Bertz CT molecular complexity index is 806. The number of nitrogens with zero attached hydrogens (tertiary/aromatic N) is 4. The summed E-state index contributed by atoms with van der Waals surface area (Å²) in [5, 5.41) is 16.8. The van der Waals surface area contributed by atoms with E-state index in [2.05, 4.69) is 20.5 Å². The van der Waals surface area contributed by atoms with Crippen LogP contribution in [0.1, 0.15) is 47.1 Å². The molecule has 0 amide bonds. The molecule has 4 nitrogen and oxygen atoms in total. The topological polar surface area (TPSA) is 49.4 Å². The van der Waals surface area contributed by atoms with Crippen molar-refractivity contribution >= 4 is 22.7 Å². The van der Waals surface area contributed by atoms with Crippen LogP contribution in [0.15, 0.2) is 99.3 Å². The summed E-state index contributed by atoms with van der Waals surface area (Å²) < 4.78 is 0. The van der Waals surface area contributed by atoms with Crippen LogP contribution in [-0.2, 0) is 0 Å². The zero-order valence-electron chi connectivity index (χ0n) is 18.8. The molecule has 3 aromatic carbocycles. The van der Waals surface area contributed by atoms with Crippen LogP contribution >= 0.6 is 0 Å². The van der Waals surface area contributed by atoms with E-state index in [4.69, 9.17) is 0 Å². The second-order valence-corrected chi connectivity index (χ2v) is 5.09. The minimum absolute atomic E-state index is 0.781. The van der Waals surface area contributed by atoms with E-state index in [9.17, 15) is 0 Å². The highest BCUT2D eigenvalue weighted by atomic mass is 15.1. The van der Waals surface area contributed by atoms with Gasteiger partial charge in [0, 0.05) is 0 Å². The Morgan fingerprint density at radius 2 is 0.655 bits per heavy atom. The van der Waals surface area contributed by atoms with Gasteiger partial charge in [-0.05, 0) is 55.5 Å². The standard InChI is InChI=1S/C19H16N4.3C2H6/c1-15-7-9-17(10-8-15)21-23-19-13-11-18(12-14-19)22-20-16-5-3-2-4-6-16;3*1-2/h2-14H,1H3;3*1-2H3. The average molecular weight is 391 g/mol. The molecule has 0 fully saturated rings. The van der Waals surface area contributed by atoms with E-state index in [0.29, 0.717) is 0 Å². The van der Waals surface area contributed by atoms with Crippen LogP contribution < -0.4 is 0 Å². The third kappa shape index (κ3) is 10.7. The summed E-state index contributed by atoms with van der Waals surface area (Å²) in [4.78, 5) is 0. The molecule has 0 aliphatic rings. The van der Waals surface area contributed by atoms with Gasteiger partial charge in [0.15, 0.2) is 0 Å². The highest BCUT2D eigenvalue weighted by molar-refractivity contribution is 5.48. The first-order valence-corrected chi connectivity index (χ1v) is 10.3. The third-order valence-corrected chi connectivity index (χ3v) is 3.20. The summed E-state index contributed by atoms with van der Waals surface area (Å²) in [5.41, 5.74) is 4.43. The van der Waals surface area contributed by atoms with Crippen molar-refractivity contribution in [2.45, 2.75) is 48.5 Å². The lowest BCUT2D eigenvalue weighted by Gasteiger charge is -1.96. The van der Waals surface area contributed by atoms with Crippen molar-refractivity contribution in [2.75, 3.05) is 0 Å². The van der Waals surface area contributed by atoms with E-state index in [1.807, 2.05) is 127 Å². The zero-order valence-corrected chi connectivity index (χ0v) is 18.8. The van der Waals surface area contributed by atoms with Gasteiger partial charge in [-0.1, -0.05) is 77.4 Å².